The van der Waals surface area contributed by atoms with Crippen LogP contribution in [0.15, 0.2) is 40.7 Å². The Bertz CT molecular complexity index is 513. The van der Waals surface area contributed by atoms with E-state index in [1.807, 2.05) is 6.92 Å². The van der Waals surface area contributed by atoms with Crippen molar-refractivity contribution in [3.63, 3.8) is 0 Å². The lowest BCUT2D eigenvalue weighted by atomic mass is 10.5. The predicted octanol–water partition coefficient (Wildman–Crippen LogP) is 0.962. The molecule has 1 aromatic rings. The minimum atomic E-state index is -3.55. The van der Waals surface area contributed by atoms with Crippen molar-refractivity contribution in [2.45, 2.75) is 18.2 Å². The lowest BCUT2D eigenvalue weighted by molar-refractivity contribution is 0.441. The molecule has 0 spiro atoms. The van der Waals surface area contributed by atoms with Gasteiger partial charge in [0.2, 0.25) is 15.6 Å². The quantitative estimate of drug-likeness (QED) is 0.771. The first-order chi connectivity index (χ1) is 8.02. The number of aromatic amines is 1. The first-order valence-corrected chi connectivity index (χ1v) is 6.76. The van der Waals surface area contributed by atoms with E-state index in [4.69, 9.17) is 0 Å². The average molecular weight is 256 g/mol. The molecule has 0 aromatic carbocycles. The zero-order valence-electron chi connectivity index (χ0n) is 9.72. The summed E-state index contributed by atoms with van der Waals surface area (Å²) in [6.07, 6.45) is 3.47. The monoisotopic (exact) mass is 256 g/mol. The zero-order chi connectivity index (χ0) is 12.9. The molecule has 5 nitrogen and oxygen atoms in total. The Hall–Kier alpha value is -1.40. The van der Waals surface area contributed by atoms with Crippen molar-refractivity contribution >= 4 is 10.0 Å². The van der Waals surface area contributed by atoms with Crippen LogP contribution in [-0.4, -0.2) is 30.8 Å². The number of nitrogens with one attached hydrogen (secondary N) is 1. The maximum absolute atomic E-state index is 12.2. The first kappa shape index (κ1) is 13.7. The Morgan fingerprint density at radius 2 is 2.18 bits per heavy atom. The molecule has 1 rings (SSSR count). The molecule has 1 N–H and O–H groups in total. The third-order valence-corrected chi connectivity index (χ3v) is 4.06. The fourth-order valence-electron chi connectivity index (χ4n) is 1.41. The van der Waals surface area contributed by atoms with E-state index >= 15 is 0 Å². The lowest BCUT2D eigenvalue weighted by Gasteiger charge is -2.19. The van der Waals surface area contributed by atoms with Gasteiger partial charge in [0.05, 0.1) is 4.90 Å². The van der Waals surface area contributed by atoms with E-state index in [1.54, 1.807) is 6.08 Å². The molecule has 0 saturated carbocycles. The molecule has 0 aliphatic carbocycles. The summed E-state index contributed by atoms with van der Waals surface area (Å²) in [7, 11) is -3.55. The highest BCUT2D eigenvalue weighted by Gasteiger charge is 2.22. The summed E-state index contributed by atoms with van der Waals surface area (Å²) >= 11 is 0. The smallest absolute Gasteiger partial charge is 0.247 e. The Morgan fingerprint density at radius 3 is 2.65 bits per heavy atom. The van der Waals surface area contributed by atoms with E-state index in [0.717, 1.165) is 6.42 Å². The molecule has 94 valence electrons. The van der Waals surface area contributed by atoms with Crippen LogP contribution < -0.4 is 5.56 Å². The van der Waals surface area contributed by atoms with Crippen LogP contribution in [0, 0.1) is 0 Å². The van der Waals surface area contributed by atoms with E-state index < -0.39 is 10.0 Å². The molecule has 0 fully saturated rings. The number of H-pyrrole nitrogens is 1. The predicted molar refractivity (Wildman–Crippen MR) is 66.3 cm³/mol. The number of aromatic nitrogens is 1. The molecule has 0 radical (unpaired) electrons. The van der Waals surface area contributed by atoms with Crippen LogP contribution in [0.5, 0.6) is 0 Å². The largest absolute Gasteiger partial charge is 0.328 e. The van der Waals surface area contributed by atoms with Crippen molar-refractivity contribution in [3.05, 3.63) is 41.3 Å². The highest BCUT2D eigenvalue weighted by molar-refractivity contribution is 7.89. The van der Waals surface area contributed by atoms with Crippen LogP contribution in [-0.2, 0) is 10.0 Å². The summed E-state index contributed by atoms with van der Waals surface area (Å²) in [6, 6.07) is 2.50. The SMILES string of the molecule is C=CCN(CCC)S(=O)(=O)c1ccc(=O)[nH]c1. The fourth-order valence-corrected chi connectivity index (χ4v) is 2.88. The summed E-state index contributed by atoms with van der Waals surface area (Å²) in [5.41, 5.74) is -0.324. The third kappa shape index (κ3) is 3.28. The molecule has 1 heterocycles. The second-order valence-corrected chi connectivity index (χ2v) is 5.48. The summed E-state index contributed by atoms with van der Waals surface area (Å²) in [6.45, 7) is 6.12. The highest BCUT2D eigenvalue weighted by atomic mass is 32.2. The number of sulfonamides is 1. The Kier molecular flexibility index (Phi) is 4.65. The van der Waals surface area contributed by atoms with E-state index in [2.05, 4.69) is 11.6 Å². The van der Waals surface area contributed by atoms with Crippen LogP contribution in [0.1, 0.15) is 13.3 Å². The Balaban J connectivity index is 3.10. The molecule has 0 unspecified atom stereocenters. The lowest BCUT2D eigenvalue weighted by Crippen LogP contribution is -2.32. The van der Waals surface area contributed by atoms with Crippen molar-refractivity contribution in [1.29, 1.82) is 0 Å². The molecule has 0 atom stereocenters. The van der Waals surface area contributed by atoms with Crippen LogP contribution in [0.25, 0.3) is 0 Å². The molecule has 0 saturated heterocycles. The van der Waals surface area contributed by atoms with Crippen LogP contribution in [0.4, 0.5) is 0 Å². The fraction of sp³-hybridized carbons (Fsp3) is 0.364. The number of hydrogen-bond donors (Lipinski definition) is 1. The molecule has 0 aliphatic heterocycles. The normalized spacial score (nSPS) is 11.6. The number of rotatable bonds is 6. The van der Waals surface area contributed by atoms with Gasteiger partial charge in [-0.05, 0) is 12.5 Å². The second-order valence-electron chi connectivity index (χ2n) is 3.54. The van der Waals surface area contributed by atoms with Crippen LogP contribution in [0.2, 0.25) is 0 Å². The average Bonchev–Trinajstić information content (AvgIpc) is 2.29. The molecule has 1 aromatic heterocycles. The second kappa shape index (κ2) is 5.79. The van der Waals surface area contributed by atoms with Crippen molar-refractivity contribution in [1.82, 2.24) is 9.29 Å². The van der Waals surface area contributed by atoms with Gasteiger partial charge in [0, 0.05) is 25.4 Å². The first-order valence-electron chi connectivity index (χ1n) is 5.32. The van der Waals surface area contributed by atoms with Crippen molar-refractivity contribution in [2.24, 2.45) is 0 Å². The van der Waals surface area contributed by atoms with Gasteiger partial charge in [-0.1, -0.05) is 13.0 Å². The molecule has 0 amide bonds. The Labute approximate surface area is 101 Å². The van der Waals surface area contributed by atoms with E-state index in [9.17, 15) is 13.2 Å². The van der Waals surface area contributed by atoms with Crippen LogP contribution in [0.3, 0.4) is 0 Å². The number of pyridine rings is 1. The standard InChI is InChI=1S/C11H16N2O3S/c1-3-7-13(8-4-2)17(15,16)10-5-6-11(14)12-9-10/h3,5-6,9H,1,4,7-8H2,2H3,(H,12,14). The van der Waals surface area contributed by atoms with Gasteiger partial charge in [-0.25, -0.2) is 8.42 Å². The van der Waals surface area contributed by atoms with E-state index in [1.165, 1.54) is 22.6 Å². The van der Waals surface area contributed by atoms with Crippen LogP contribution >= 0.6 is 0 Å². The minimum absolute atomic E-state index is 0.0902. The van der Waals surface area contributed by atoms with Crippen molar-refractivity contribution in [2.75, 3.05) is 13.1 Å². The summed E-state index contributed by atoms with van der Waals surface area (Å²) in [5.74, 6) is 0. The molecule has 0 aliphatic rings. The highest BCUT2D eigenvalue weighted by Crippen LogP contribution is 2.13. The summed E-state index contributed by atoms with van der Waals surface area (Å²) < 4.78 is 25.7. The van der Waals surface area contributed by atoms with Gasteiger partial charge in [0.15, 0.2) is 0 Å². The topological polar surface area (TPSA) is 70.2 Å². The molecule has 6 heteroatoms. The maximum Gasteiger partial charge on any atom is 0.247 e. The molecule has 0 bridgehead atoms. The van der Waals surface area contributed by atoms with Crippen molar-refractivity contribution in [3.8, 4) is 0 Å². The van der Waals surface area contributed by atoms with Gasteiger partial charge in [0.25, 0.3) is 0 Å². The van der Waals surface area contributed by atoms with E-state index in [0.29, 0.717) is 6.54 Å². The summed E-state index contributed by atoms with van der Waals surface area (Å²) in [4.78, 5) is 13.3. The maximum atomic E-state index is 12.2. The van der Waals surface area contributed by atoms with E-state index in [-0.39, 0.29) is 17.0 Å². The van der Waals surface area contributed by atoms with Gasteiger partial charge in [-0.3, -0.25) is 4.79 Å². The number of nitrogens with zero attached hydrogens (tertiary/aromatic N) is 1. The van der Waals surface area contributed by atoms with Crippen molar-refractivity contribution < 1.29 is 8.42 Å². The van der Waals surface area contributed by atoms with Gasteiger partial charge in [-0.2, -0.15) is 4.31 Å². The molecule has 17 heavy (non-hydrogen) atoms. The van der Waals surface area contributed by atoms with Gasteiger partial charge in [-0.15, -0.1) is 6.58 Å². The van der Waals surface area contributed by atoms with Gasteiger partial charge >= 0.3 is 0 Å². The summed E-state index contributed by atoms with van der Waals surface area (Å²) in [5, 5.41) is 0. The molecular formula is C11H16N2O3S. The van der Waals surface area contributed by atoms with Gasteiger partial charge < -0.3 is 4.98 Å². The zero-order valence-corrected chi connectivity index (χ0v) is 10.5. The Morgan fingerprint density at radius 1 is 1.47 bits per heavy atom. The third-order valence-electron chi connectivity index (χ3n) is 2.20. The number of hydrogen-bond acceptors (Lipinski definition) is 3. The molecular weight excluding hydrogens is 240 g/mol. The minimum Gasteiger partial charge on any atom is -0.328 e. The van der Waals surface area contributed by atoms with Gasteiger partial charge in [0.1, 0.15) is 0 Å².